The van der Waals surface area contributed by atoms with E-state index in [0.29, 0.717) is 6.54 Å². The molecule has 0 bridgehead atoms. The maximum absolute atomic E-state index is 5.97. The summed E-state index contributed by atoms with van der Waals surface area (Å²) in [6.45, 7) is 5.31. The van der Waals surface area contributed by atoms with E-state index < -0.39 is 0 Å². The Morgan fingerprint density at radius 3 is 2.63 bits per heavy atom. The highest BCUT2D eigenvalue weighted by Gasteiger charge is 2.20. The Kier molecular flexibility index (Phi) is 5.59. The summed E-state index contributed by atoms with van der Waals surface area (Å²) < 4.78 is 0. The van der Waals surface area contributed by atoms with E-state index in [1.54, 1.807) is 11.8 Å². The Labute approximate surface area is 121 Å². The van der Waals surface area contributed by atoms with E-state index in [9.17, 15) is 0 Å². The van der Waals surface area contributed by atoms with Gasteiger partial charge in [-0.1, -0.05) is 25.8 Å². The van der Waals surface area contributed by atoms with Crippen LogP contribution in [0.2, 0.25) is 0 Å². The second kappa shape index (κ2) is 7.20. The van der Waals surface area contributed by atoms with Crippen LogP contribution in [0.25, 0.3) is 0 Å². The number of anilines is 1. The second-order valence-electron chi connectivity index (χ2n) is 5.38. The first-order valence-electron chi connectivity index (χ1n) is 7.41. The maximum Gasteiger partial charge on any atom is 0.0423 e. The lowest BCUT2D eigenvalue weighted by molar-refractivity contribution is 0.378. The fourth-order valence-corrected chi connectivity index (χ4v) is 3.77. The number of nitrogens with two attached hydrogens (primary N) is 1. The molecule has 0 atom stereocenters. The van der Waals surface area contributed by atoms with Crippen LogP contribution in [0.15, 0.2) is 23.1 Å². The molecule has 2 rings (SSSR count). The molecular weight excluding hydrogens is 252 g/mol. The molecule has 1 heterocycles. The number of hydrogen-bond donors (Lipinski definition) is 1. The number of nitrogens with zero attached hydrogens (tertiary/aromatic N) is 1. The predicted molar refractivity (Wildman–Crippen MR) is 86.0 cm³/mol. The van der Waals surface area contributed by atoms with Crippen LogP contribution in [0.4, 0.5) is 5.69 Å². The molecule has 1 aliphatic heterocycles. The quantitative estimate of drug-likeness (QED) is 0.829. The van der Waals surface area contributed by atoms with Gasteiger partial charge in [0.1, 0.15) is 0 Å². The lowest BCUT2D eigenvalue weighted by Gasteiger charge is -2.35. The van der Waals surface area contributed by atoms with Crippen molar-refractivity contribution in [1.29, 1.82) is 0 Å². The van der Waals surface area contributed by atoms with Gasteiger partial charge in [-0.15, -0.1) is 11.8 Å². The van der Waals surface area contributed by atoms with Crippen LogP contribution in [-0.4, -0.2) is 19.3 Å². The third kappa shape index (κ3) is 3.46. The Hall–Kier alpha value is -0.670. The standard InChI is InChI=1S/C16H26N2S/c1-3-5-13-8-10-18(11-9-13)15-6-4-7-16(19-2)14(15)12-17/h4,6-7,13H,3,5,8-12,17H2,1-2H3. The van der Waals surface area contributed by atoms with Crippen molar-refractivity contribution in [3.8, 4) is 0 Å². The van der Waals surface area contributed by atoms with Crippen molar-refractivity contribution in [3.05, 3.63) is 23.8 Å². The number of hydrogen-bond acceptors (Lipinski definition) is 3. The van der Waals surface area contributed by atoms with Crippen LogP contribution >= 0.6 is 11.8 Å². The molecule has 1 saturated heterocycles. The molecule has 106 valence electrons. The van der Waals surface area contributed by atoms with Gasteiger partial charge in [-0.05, 0) is 37.1 Å². The van der Waals surface area contributed by atoms with E-state index in [-0.39, 0.29) is 0 Å². The molecule has 0 saturated carbocycles. The van der Waals surface area contributed by atoms with Crippen molar-refractivity contribution in [2.24, 2.45) is 11.7 Å². The van der Waals surface area contributed by atoms with Gasteiger partial charge >= 0.3 is 0 Å². The van der Waals surface area contributed by atoms with Crippen molar-refractivity contribution < 1.29 is 0 Å². The molecule has 0 amide bonds. The number of thioether (sulfide) groups is 1. The van der Waals surface area contributed by atoms with Crippen molar-refractivity contribution in [2.75, 3.05) is 24.2 Å². The van der Waals surface area contributed by atoms with Crippen LogP contribution in [0.3, 0.4) is 0 Å². The second-order valence-corrected chi connectivity index (χ2v) is 6.23. The van der Waals surface area contributed by atoms with Crippen molar-refractivity contribution >= 4 is 17.4 Å². The number of piperidine rings is 1. The van der Waals surface area contributed by atoms with Crippen LogP contribution in [-0.2, 0) is 6.54 Å². The Morgan fingerprint density at radius 2 is 2.05 bits per heavy atom. The van der Waals surface area contributed by atoms with Crippen LogP contribution in [0, 0.1) is 5.92 Å². The van der Waals surface area contributed by atoms with E-state index in [1.807, 2.05) is 0 Å². The van der Waals surface area contributed by atoms with Crippen molar-refractivity contribution in [1.82, 2.24) is 0 Å². The van der Waals surface area contributed by atoms with Crippen LogP contribution in [0.5, 0.6) is 0 Å². The molecule has 1 fully saturated rings. The minimum atomic E-state index is 0.640. The molecular formula is C16H26N2S. The molecule has 1 aromatic carbocycles. The molecule has 0 aliphatic carbocycles. The molecule has 0 spiro atoms. The lowest BCUT2D eigenvalue weighted by atomic mass is 9.92. The summed E-state index contributed by atoms with van der Waals surface area (Å²) in [4.78, 5) is 3.87. The average Bonchev–Trinajstić information content (AvgIpc) is 2.47. The van der Waals surface area contributed by atoms with Gasteiger partial charge in [-0.3, -0.25) is 0 Å². The molecule has 1 aromatic rings. The van der Waals surface area contributed by atoms with E-state index in [4.69, 9.17) is 5.73 Å². The lowest BCUT2D eigenvalue weighted by Crippen LogP contribution is -2.34. The summed E-state index contributed by atoms with van der Waals surface area (Å²) >= 11 is 1.80. The largest absolute Gasteiger partial charge is 0.371 e. The van der Waals surface area contributed by atoms with Gasteiger partial charge in [0.15, 0.2) is 0 Å². The summed E-state index contributed by atoms with van der Waals surface area (Å²) in [7, 11) is 0. The van der Waals surface area contributed by atoms with Gasteiger partial charge in [0.25, 0.3) is 0 Å². The zero-order valence-electron chi connectivity index (χ0n) is 12.2. The first kappa shape index (κ1) is 14.7. The van der Waals surface area contributed by atoms with E-state index in [2.05, 4.69) is 36.3 Å². The van der Waals surface area contributed by atoms with Crippen molar-refractivity contribution in [3.63, 3.8) is 0 Å². The minimum Gasteiger partial charge on any atom is -0.371 e. The summed E-state index contributed by atoms with van der Waals surface area (Å²) in [5.74, 6) is 0.936. The summed E-state index contributed by atoms with van der Waals surface area (Å²) in [5, 5.41) is 0. The molecule has 0 unspecified atom stereocenters. The summed E-state index contributed by atoms with van der Waals surface area (Å²) in [5.41, 5.74) is 8.66. The number of rotatable bonds is 5. The van der Waals surface area contributed by atoms with E-state index in [1.165, 1.54) is 54.9 Å². The van der Waals surface area contributed by atoms with Gasteiger partial charge in [0, 0.05) is 35.8 Å². The molecule has 2 N–H and O–H groups in total. The van der Waals surface area contributed by atoms with Gasteiger partial charge in [-0.2, -0.15) is 0 Å². The average molecular weight is 278 g/mol. The molecule has 2 nitrogen and oxygen atoms in total. The third-order valence-corrected chi connectivity index (χ3v) is 5.01. The van der Waals surface area contributed by atoms with E-state index >= 15 is 0 Å². The fourth-order valence-electron chi connectivity index (χ4n) is 3.12. The fraction of sp³-hybridized carbons (Fsp3) is 0.625. The minimum absolute atomic E-state index is 0.640. The summed E-state index contributed by atoms with van der Waals surface area (Å²) in [6, 6.07) is 6.58. The molecule has 19 heavy (non-hydrogen) atoms. The van der Waals surface area contributed by atoms with Crippen molar-refractivity contribution in [2.45, 2.75) is 44.0 Å². The number of benzene rings is 1. The van der Waals surface area contributed by atoms with Gasteiger partial charge < -0.3 is 10.6 Å². The van der Waals surface area contributed by atoms with Crippen LogP contribution in [0.1, 0.15) is 38.2 Å². The van der Waals surface area contributed by atoms with E-state index in [0.717, 1.165) is 5.92 Å². The first-order chi connectivity index (χ1) is 9.30. The Morgan fingerprint density at radius 1 is 1.32 bits per heavy atom. The zero-order valence-corrected chi connectivity index (χ0v) is 13.0. The monoisotopic (exact) mass is 278 g/mol. The highest BCUT2D eigenvalue weighted by molar-refractivity contribution is 7.98. The molecule has 3 heteroatoms. The Balaban J connectivity index is 2.11. The third-order valence-electron chi connectivity index (χ3n) is 4.18. The van der Waals surface area contributed by atoms with Gasteiger partial charge in [-0.25, -0.2) is 0 Å². The molecule has 0 aromatic heterocycles. The van der Waals surface area contributed by atoms with Gasteiger partial charge in [0.2, 0.25) is 0 Å². The highest BCUT2D eigenvalue weighted by Crippen LogP contribution is 2.32. The zero-order chi connectivity index (χ0) is 13.7. The SMILES string of the molecule is CCCC1CCN(c2cccc(SC)c2CN)CC1. The first-order valence-corrected chi connectivity index (χ1v) is 8.63. The maximum atomic E-state index is 5.97. The smallest absolute Gasteiger partial charge is 0.0423 e. The molecule has 0 radical (unpaired) electrons. The predicted octanol–water partition coefficient (Wildman–Crippen LogP) is 3.88. The molecule has 1 aliphatic rings. The Bertz CT molecular complexity index is 398. The van der Waals surface area contributed by atoms with Crippen LogP contribution < -0.4 is 10.6 Å². The topological polar surface area (TPSA) is 29.3 Å². The highest BCUT2D eigenvalue weighted by atomic mass is 32.2. The summed E-state index contributed by atoms with van der Waals surface area (Å²) in [6.07, 6.45) is 7.51. The van der Waals surface area contributed by atoms with Gasteiger partial charge in [0.05, 0.1) is 0 Å². The normalized spacial score (nSPS) is 16.9.